The molecule has 0 aliphatic heterocycles. The number of aryl methyl sites for hydroxylation is 1. The zero-order chi connectivity index (χ0) is 16.5. The standard InChI is InChI=1S/C13H10Cl2N2O4S/c1-7-2-3-9(6-12(7)22(19,20)21)16-17-11-5-8(14)4-10(15)13(11)18/h2-6,18H,1H3,(H,19,20,21). The van der Waals surface area contributed by atoms with E-state index in [1.54, 1.807) is 0 Å². The molecule has 0 aromatic heterocycles. The molecule has 0 aliphatic carbocycles. The monoisotopic (exact) mass is 360 g/mol. The zero-order valence-electron chi connectivity index (χ0n) is 11.2. The van der Waals surface area contributed by atoms with Crippen molar-refractivity contribution in [3.63, 3.8) is 0 Å². The summed E-state index contributed by atoms with van der Waals surface area (Å²) in [6.45, 7) is 1.53. The van der Waals surface area contributed by atoms with Crippen LogP contribution < -0.4 is 0 Å². The molecule has 2 aromatic rings. The summed E-state index contributed by atoms with van der Waals surface area (Å²) in [5, 5.41) is 17.6. The van der Waals surface area contributed by atoms with Crippen LogP contribution in [0, 0.1) is 6.92 Å². The highest BCUT2D eigenvalue weighted by atomic mass is 35.5. The van der Waals surface area contributed by atoms with Gasteiger partial charge in [-0.05, 0) is 36.8 Å². The molecule has 0 unspecified atom stereocenters. The lowest BCUT2D eigenvalue weighted by molar-refractivity contribution is 0.476. The van der Waals surface area contributed by atoms with Gasteiger partial charge in [0, 0.05) is 5.02 Å². The highest BCUT2D eigenvalue weighted by Gasteiger charge is 2.14. The summed E-state index contributed by atoms with van der Waals surface area (Å²) in [6, 6.07) is 6.85. The van der Waals surface area contributed by atoms with Gasteiger partial charge >= 0.3 is 0 Å². The fourth-order valence-corrected chi connectivity index (χ4v) is 2.90. The first-order valence-electron chi connectivity index (χ1n) is 5.86. The van der Waals surface area contributed by atoms with E-state index in [1.807, 2.05) is 0 Å². The topological polar surface area (TPSA) is 99.3 Å². The molecular weight excluding hydrogens is 351 g/mol. The summed E-state index contributed by atoms with van der Waals surface area (Å²) < 4.78 is 31.6. The Kier molecular flexibility index (Phi) is 4.72. The van der Waals surface area contributed by atoms with Crippen LogP contribution in [0.4, 0.5) is 11.4 Å². The zero-order valence-corrected chi connectivity index (χ0v) is 13.5. The normalized spacial score (nSPS) is 12.0. The van der Waals surface area contributed by atoms with E-state index in [-0.39, 0.29) is 32.1 Å². The second kappa shape index (κ2) is 6.21. The fourth-order valence-electron chi connectivity index (χ4n) is 1.67. The minimum absolute atomic E-state index is 0.0176. The first kappa shape index (κ1) is 16.7. The van der Waals surface area contributed by atoms with Crippen molar-refractivity contribution in [2.45, 2.75) is 11.8 Å². The number of hydrogen-bond acceptors (Lipinski definition) is 5. The number of phenols is 1. The van der Waals surface area contributed by atoms with Crippen molar-refractivity contribution >= 4 is 44.7 Å². The number of benzene rings is 2. The summed E-state index contributed by atoms with van der Waals surface area (Å²) >= 11 is 11.6. The lowest BCUT2D eigenvalue weighted by Gasteiger charge is -2.03. The maximum absolute atomic E-state index is 11.2. The lowest BCUT2D eigenvalue weighted by Crippen LogP contribution is -2.00. The Balaban J connectivity index is 2.44. The fraction of sp³-hybridized carbons (Fsp3) is 0.0769. The van der Waals surface area contributed by atoms with Crippen LogP contribution in [0.1, 0.15) is 5.56 Å². The smallest absolute Gasteiger partial charge is 0.294 e. The SMILES string of the molecule is Cc1ccc(N=Nc2cc(Cl)cc(Cl)c2O)cc1S(=O)(=O)O. The van der Waals surface area contributed by atoms with Gasteiger partial charge in [-0.25, -0.2) is 0 Å². The third kappa shape index (κ3) is 3.75. The van der Waals surface area contributed by atoms with Crippen LogP contribution in [0.3, 0.4) is 0 Å². The quantitative estimate of drug-likeness (QED) is 0.613. The van der Waals surface area contributed by atoms with Gasteiger partial charge in [-0.3, -0.25) is 4.55 Å². The molecule has 0 heterocycles. The molecule has 9 heteroatoms. The third-order valence-corrected chi connectivity index (χ3v) is 4.23. The Morgan fingerprint density at radius 3 is 2.41 bits per heavy atom. The van der Waals surface area contributed by atoms with Crippen molar-refractivity contribution in [3.8, 4) is 5.75 Å². The van der Waals surface area contributed by atoms with Crippen LogP contribution in [-0.4, -0.2) is 18.1 Å². The van der Waals surface area contributed by atoms with E-state index >= 15 is 0 Å². The Bertz CT molecular complexity index is 867. The first-order valence-corrected chi connectivity index (χ1v) is 8.06. The predicted octanol–water partition coefficient (Wildman–Crippen LogP) is 4.67. The van der Waals surface area contributed by atoms with E-state index in [1.165, 1.54) is 31.2 Å². The Hall–Kier alpha value is -1.67. The first-order chi connectivity index (χ1) is 10.2. The molecule has 0 aliphatic rings. The van der Waals surface area contributed by atoms with Crippen molar-refractivity contribution in [1.29, 1.82) is 0 Å². The third-order valence-electron chi connectivity index (χ3n) is 2.73. The van der Waals surface area contributed by atoms with Crippen molar-refractivity contribution in [1.82, 2.24) is 0 Å². The van der Waals surface area contributed by atoms with Crippen molar-refractivity contribution < 1.29 is 18.1 Å². The average molecular weight is 361 g/mol. The van der Waals surface area contributed by atoms with Crippen molar-refractivity contribution in [3.05, 3.63) is 45.9 Å². The summed E-state index contributed by atoms with van der Waals surface area (Å²) in [5.74, 6) is -0.295. The van der Waals surface area contributed by atoms with Crippen LogP contribution in [-0.2, 0) is 10.1 Å². The second-order valence-corrected chi connectivity index (χ2v) is 6.61. The van der Waals surface area contributed by atoms with Gasteiger partial charge in [-0.15, -0.1) is 5.11 Å². The van der Waals surface area contributed by atoms with Gasteiger partial charge in [0.2, 0.25) is 0 Å². The Morgan fingerprint density at radius 1 is 1.09 bits per heavy atom. The second-order valence-electron chi connectivity index (χ2n) is 4.38. The maximum atomic E-state index is 11.2. The van der Waals surface area contributed by atoms with Gasteiger partial charge in [0.25, 0.3) is 10.1 Å². The molecule has 2 N–H and O–H groups in total. The number of nitrogens with zero attached hydrogens (tertiary/aromatic N) is 2. The molecule has 0 fully saturated rings. The van der Waals surface area contributed by atoms with Crippen molar-refractivity contribution in [2.24, 2.45) is 10.2 Å². The minimum atomic E-state index is -4.35. The van der Waals surface area contributed by atoms with E-state index in [9.17, 15) is 13.5 Å². The highest BCUT2D eigenvalue weighted by molar-refractivity contribution is 7.85. The molecule has 2 aromatic carbocycles. The largest absolute Gasteiger partial charge is 0.504 e. The molecule has 22 heavy (non-hydrogen) atoms. The molecule has 2 rings (SSSR count). The van der Waals surface area contributed by atoms with E-state index < -0.39 is 10.1 Å². The molecule has 0 saturated carbocycles. The molecule has 0 bridgehead atoms. The summed E-state index contributed by atoms with van der Waals surface area (Å²) in [5.41, 5.74) is 0.579. The number of azo groups is 1. The molecular formula is C13H10Cl2N2O4S. The minimum Gasteiger partial charge on any atom is -0.504 e. The maximum Gasteiger partial charge on any atom is 0.294 e. The van der Waals surface area contributed by atoms with Crippen LogP contribution in [0.2, 0.25) is 10.0 Å². The van der Waals surface area contributed by atoms with E-state index in [0.717, 1.165) is 6.07 Å². The molecule has 116 valence electrons. The van der Waals surface area contributed by atoms with Crippen molar-refractivity contribution in [2.75, 3.05) is 0 Å². The summed E-state index contributed by atoms with van der Waals surface area (Å²) in [4.78, 5) is -0.266. The van der Waals surface area contributed by atoms with E-state index in [0.29, 0.717) is 5.56 Å². The Morgan fingerprint density at radius 2 is 1.77 bits per heavy atom. The summed E-state index contributed by atoms with van der Waals surface area (Å²) in [7, 11) is -4.35. The number of aromatic hydroxyl groups is 1. The van der Waals surface area contributed by atoms with Gasteiger partial charge in [-0.2, -0.15) is 13.5 Å². The van der Waals surface area contributed by atoms with Crippen LogP contribution in [0.25, 0.3) is 0 Å². The van der Waals surface area contributed by atoms with Crippen LogP contribution >= 0.6 is 23.2 Å². The van der Waals surface area contributed by atoms with Gasteiger partial charge in [0.15, 0.2) is 5.75 Å². The lowest BCUT2D eigenvalue weighted by atomic mass is 10.2. The number of hydrogen-bond donors (Lipinski definition) is 2. The molecule has 0 radical (unpaired) electrons. The predicted molar refractivity (Wildman–Crippen MR) is 83.3 cm³/mol. The van der Waals surface area contributed by atoms with Crippen LogP contribution in [0.15, 0.2) is 45.5 Å². The van der Waals surface area contributed by atoms with E-state index in [4.69, 9.17) is 27.8 Å². The number of rotatable bonds is 3. The molecule has 0 saturated heterocycles. The number of phenolic OH excluding ortho intramolecular Hbond substituents is 1. The highest BCUT2D eigenvalue weighted by Crippen LogP contribution is 2.37. The molecule has 0 atom stereocenters. The van der Waals surface area contributed by atoms with Gasteiger partial charge < -0.3 is 5.11 Å². The van der Waals surface area contributed by atoms with Crippen LogP contribution in [0.5, 0.6) is 5.75 Å². The molecule has 0 amide bonds. The molecule has 6 nitrogen and oxygen atoms in total. The Labute approximate surface area is 136 Å². The van der Waals surface area contributed by atoms with E-state index in [2.05, 4.69) is 10.2 Å². The summed E-state index contributed by atoms with van der Waals surface area (Å²) in [6.07, 6.45) is 0. The van der Waals surface area contributed by atoms with Gasteiger partial charge in [-0.1, -0.05) is 29.3 Å². The van der Waals surface area contributed by atoms with Gasteiger partial charge in [0.05, 0.1) is 15.6 Å². The molecule has 0 spiro atoms. The average Bonchev–Trinajstić information content (AvgIpc) is 2.41. The van der Waals surface area contributed by atoms with Gasteiger partial charge in [0.1, 0.15) is 5.69 Å². The number of halogens is 2.